The summed E-state index contributed by atoms with van der Waals surface area (Å²) in [5.41, 5.74) is 0.857. The Hall–Kier alpha value is -1.60. The Kier molecular flexibility index (Phi) is 6.41. The summed E-state index contributed by atoms with van der Waals surface area (Å²) < 4.78 is 31.6. The summed E-state index contributed by atoms with van der Waals surface area (Å²) in [4.78, 5) is 11.8. The Bertz CT molecular complexity index is 607. The van der Waals surface area contributed by atoms with Gasteiger partial charge in [-0.25, -0.2) is 13.1 Å². The molecule has 128 valence electrons. The van der Waals surface area contributed by atoms with Crippen LogP contribution in [-0.2, 0) is 21.2 Å². The average molecular weight is 340 g/mol. The van der Waals surface area contributed by atoms with Crippen LogP contribution in [0.1, 0.15) is 31.2 Å². The Labute approximate surface area is 137 Å². The van der Waals surface area contributed by atoms with Gasteiger partial charge in [0.1, 0.15) is 5.75 Å². The maximum Gasteiger partial charge on any atom is 0.224 e. The van der Waals surface area contributed by atoms with Crippen molar-refractivity contribution in [1.82, 2.24) is 10.0 Å². The second-order valence-electron chi connectivity index (χ2n) is 5.79. The van der Waals surface area contributed by atoms with Gasteiger partial charge in [0.2, 0.25) is 15.9 Å². The molecule has 0 bridgehead atoms. The normalized spacial score (nSPS) is 15.5. The van der Waals surface area contributed by atoms with E-state index >= 15 is 0 Å². The van der Waals surface area contributed by atoms with Gasteiger partial charge in [0, 0.05) is 12.6 Å². The molecule has 0 aromatic heterocycles. The van der Waals surface area contributed by atoms with Gasteiger partial charge in [-0.1, -0.05) is 25.0 Å². The number of benzene rings is 1. The lowest BCUT2D eigenvalue weighted by Crippen LogP contribution is -2.38. The summed E-state index contributed by atoms with van der Waals surface area (Å²) in [5, 5.41) is 2.65. The van der Waals surface area contributed by atoms with Gasteiger partial charge in [-0.2, -0.15) is 0 Å². The number of hydrogen-bond acceptors (Lipinski definition) is 4. The van der Waals surface area contributed by atoms with Crippen molar-refractivity contribution in [3.8, 4) is 5.75 Å². The van der Waals surface area contributed by atoms with E-state index in [-0.39, 0.29) is 30.7 Å². The minimum absolute atomic E-state index is 0.0648. The summed E-state index contributed by atoms with van der Waals surface area (Å²) >= 11 is 0. The van der Waals surface area contributed by atoms with Crippen LogP contribution in [-0.4, -0.2) is 39.8 Å². The van der Waals surface area contributed by atoms with Crippen molar-refractivity contribution < 1.29 is 17.9 Å². The van der Waals surface area contributed by atoms with E-state index in [0.29, 0.717) is 0 Å². The maximum absolute atomic E-state index is 11.9. The van der Waals surface area contributed by atoms with E-state index in [4.69, 9.17) is 4.74 Å². The molecule has 1 aromatic carbocycles. The van der Waals surface area contributed by atoms with Crippen molar-refractivity contribution in [3.63, 3.8) is 0 Å². The molecule has 1 saturated carbocycles. The third kappa shape index (κ3) is 6.19. The third-order valence-corrected chi connectivity index (χ3v) is 5.35. The Balaban J connectivity index is 1.71. The first-order valence-electron chi connectivity index (χ1n) is 7.88. The fourth-order valence-electron chi connectivity index (χ4n) is 2.67. The van der Waals surface area contributed by atoms with Crippen LogP contribution >= 0.6 is 0 Å². The molecule has 7 heteroatoms. The van der Waals surface area contributed by atoms with Gasteiger partial charge in [-0.3, -0.25) is 4.79 Å². The van der Waals surface area contributed by atoms with Gasteiger partial charge >= 0.3 is 0 Å². The lowest BCUT2D eigenvalue weighted by molar-refractivity contribution is -0.120. The largest absolute Gasteiger partial charge is 0.497 e. The first kappa shape index (κ1) is 17.7. The van der Waals surface area contributed by atoms with Gasteiger partial charge in [0.25, 0.3) is 0 Å². The Morgan fingerprint density at radius 1 is 1.22 bits per heavy atom. The Morgan fingerprint density at radius 3 is 2.48 bits per heavy atom. The highest BCUT2D eigenvalue weighted by atomic mass is 32.2. The molecule has 6 nitrogen and oxygen atoms in total. The highest BCUT2D eigenvalue weighted by Crippen LogP contribution is 2.18. The molecule has 2 N–H and O–H groups in total. The number of hydrogen-bond donors (Lipinski definition) is 2. The predicted octanol–water partition coefficient (Wildman–Crippen LogP) is 1.22. The minimum Gasteiger partial charge on any atom is -0.497 e. The third-order valence-electron chi connectivity index (χ3n) is 3.92. The van der Waals surface area contributed by atoms with Crippen molar-refractivity contribution in [2.45, 2.75) is 38.1 Å². The smallest absolute Gasteiger partial charge is 0.224 e. The van der Waals surface area contributed by atoms with Crippen molar-refractivity contribution in [1.29, 1.82) is 0 Å². The number of rotatable bonds is 8. The molecule has 0 aliphatic heterocycles. The van der Waals surface area contributed by atoms with E-state index in [1.807, 2.05) is 12.1 Å². The average Bonchev–Trinajstić information content (AvgIpc) is 3.00. The monoisotopic (exact) mass is 340 g/mol. The fraction of sp³-hybridized carbons (Fsp3) is 0.562. The molecule has 0 atom stereocenters. The lowest BCUT2D eigenvalue weighted by atomic mass is 10.1. The van der Waals surface area contributed by atoms with Gasteiger partial charge in [-0.05, 0) is 30.5 Å². The van der Waals surface area contributed by atoms with Crippen molar-refractivity contribution in [2.75, 3.05) is 19.4 Å². The minimum atomic E-state index is -3.32. The highest BCUT2D eigenvalue weighted by molar-refractivity contribution is 7.89. The van der Waals surface area contributed by atoms with E-state index in [1.165, 1.54) is 0 Å². The summed E-state index contributed by atoms with van der Waals surface area (Å²) in [5.74, 6) is 0.460. The number of amides is 1. The van der Waals surface area contributed by atoms with Crippen LogP contribution in [0, 0.1) is 0 Å². The molecule has 2 rings (SSSR count). The summed E-state index contributed by atoms with van der Waals surface area (Å²) in [6.45, 7) is 0.122. The van der Waals surface area contributed by atoms with E-state index < -0.39 is 10.0 Å². The number of carbonyl (C=O) groups is 1. The molecule has 1 amide bonds. The van der Waals surface area contributed by atoms with Crippen LogP contribution in [0.15, 0.2) is 24.3 Å². The molecule has 0 heterocycles. The second kappa shape index (κ2) is 8.31. The number of ether oxygens (including phenoxy) is 1. The molecule has 1 aliphatic rings. The van der Waals surface area contributed by atoms with Crippen LogP contribution in [0.4, 0.5) is 0 Å². The van der Waals surface area contributed by atoms with E-state index in [2.05, 4.69) is 10.0 Å². The van der Waals surface area contributed by atoms with E-state index in [1.54, 1.807) is 19.2 Å². The number of sulfonamides is 1. The van der Waals surface area contributed by atoms with Crippen molar-refractivity contribution >= 4 is 15.9 Å². The molecule has 0 saturated heterocycles. The topological polar surface area (TPSA) is 84.5 Å². The number of nitrogens with one attached hydrogen (secondary N) is 2. The highest BCUT2D eigenvalue weighted by Gasteiger charge is 2.21. The first-order valence-corrected chi connectivity index (χ1v) is 9.53. The van der Waals surface area contributed by atoms with Gasteiger partial charge in [0.05, 0.1) is 19.3 Å². The maximum atomic E-state index is 11.9. The molecule has 0 radical (unpaired) electrons. The molecule has 1 aromatic rings. The standard InChI is InChI=1S/C16H24N2O4S/c1-22-15-8-6-13(7-9-15)12-16(19)17-10-11-23(20,21)18-14-4-2-3-5-14/h6-9,14,18H,2-5,10-12H2,1H3,(H,17,19). The van der Waals surface area contributed by atoms with Gasteiger partial charge in [-0.15, -0.1) is 0 Å². The van der Waals surface area contributed by atoms with Crippen LogP contribution < -0.4 is 14.8 Å². The van der Waals surface area contributed by atoms with Crippen LogP contribution in [0.3, 0.4) is 0 Å². The van der Waals surface area contributed by atoms with Gasteiger partial charge < -0.3 is 10.1 Å². The van der Waals surface area contributed by atoms with E-state index in [9.17, 15) is 13.2 Å². The van der Waals surface area contributed by atoms with Crippen LogP contribution in [0.5, 0.6) is 5.75 Å². The van der Waals surface area contributed by atoms with Crippen LogP contribution in [0.2, 0.25) is 0 Å². The zero-order valence-corrected chi connectivity index (χ0v) is 14.2. The summed E-state index contributed by atoms with van der Waals surface area (Å²) in [6.07, 6.45) is 4.18. The number of carbonyl (C=O) groups excluding carboxylic acids is 1. The Morgan fingerprint density at radius 2 is 1.87 bits per heavy atom. The second-order valence-corrected chi connectivity index (χ2v) is 7.67. The summed E-state index contributed by atoms with van der Waals surface area (Å²) in [7, 11) is -1.74. The zero-order valence-electron chi connectivity index (χ0n) is 13.4. The summed E-state index contributed by atoms with van der Waals surface area (Å²) in [6, 6.07) is 7.28. The predicted molar refractivity (Wildman–Crippen MR) is 88.9 cm³/mol. The molecule has 0 unspecified atom stereocenters. The number of methoxy groups -OCH3 is 1. The first-order chi connectivity index (χ1) is 11.0. The zero-order chi connectivity index (χ0) is 16.7. The van der Waals surface area contributed by atoms with Crippen molar-refractivity contribution in [3.05, 3.63) is 29.8 Å². The lowest BCUT2D eigenvalue weighted by Gasteiger charge is -2.12. The molecule has 0 spiro atoms. The molecule has 1 fully saturated rings. The van der Waals surface area contributed by atoms with Crippen LogP contribution in [0.25, 0.3) is 0 Å². The molecule has 23 heavy (non-hydrogen) atoms. The fourth-order valence-corrected chi connectivity index (χ4v) is 3.90. The molecular weight excluding hydrogens is 316 g/mol. The van der Waals surface area contributed by atoms with E-state index in [0.717, 1.165) is 37.0 Å². The van der Waals surface area contributed by atoms with Gasteiger partial charge in [0.15, 0.2) is 0 Å². The molecular formula is C16H24N2O4S. The molecule has 1 aliphatic carbocycles. The SMILES string of the molecule is COc1ccc(CC(=O)NCCS(=O)(=O)NC2CCCC2)cc1. The van der Waals surface area contributed by atoms with Crippen molar-refractivity contribution in [2.24, 2.45) is 0 Å². The quantitative estimate of drug-likeness (QED) is 0.745.